The van der Waals surface area contributed by atoms with Gasteiger partial charge in [-0.05, 0) is 30.1 Å². The first kappa shape index (κ1) is 14.9. The second-order valence-corrected chi connectivity index (χ2v) is 6.90. The summed E-state index contributed by atoms with van der Waals surface area (Å²) in [5, 5.41) is 12.2. The highest BCUT2D eigenvalue weighted by molar-refractivity contribution is 4.92. The predicted molar refractivity (Wildman–Crippen MR) is 71.1 cm³/mol. The first-order valence-electron chi connectivity index (χ1n) is 6.77. The van der Waals surface area contributed by atoms with Crippen molar-refractivity contribution in [1.29, 1.82) is 0 Å². The SMILES string of the molecule is CC1(C)CC(NCCOCCO)CC(C)(C)C1. The molecule has 0 spiro atoms. The summed E-state index contributed by atoms with van der Waals surface area (Å²) in [5.74, 6) is 0. The number of aliphatic hydroxyl groups excluding tert-OH is 1. The Labute approximate surface area is 106 Å². The summed E-state index contributed by atoms with van der Waals surface area (Å²) in [4.78, 5) is 0. The van der Waals surface area contributed by atoms with Crippen LogP contribution in [-0.2, 0) is 4.74 Å². The molecule has 0 bridgehead atoms. The molecule has 0 aromatic heterocycles. The van der Waals surface area contributed by atoms with Crippen molar-refractivity contribution in [1.82, 2.24) is 5.32 Å². The molecule has 1 fully saturated rings. The predicted octanol–water partition coefficient (Wildman–Crippen LogP) is 2.19. The van der Waals surface area contributed by atoms with Crippen molar-refractivity contribution in [2.75, 3.05) is 26.4 Å². The van der Waals surface area contributed by atoms with Crippen LogP contribution in [0.3, 0.4) is 0 Å². The Hall–Kier alpha value is -0.120. The van der Waals surface area contributed by atoms with E-state index in [0.717, 1.165) is 6.54 Å². The molecule has 2 N–H and O–H groups in total. The largest absolute Gasteiger partial charge is 0.394 e. The van der Waals surface area contributed by atoms with Gasteiger partial charge < -0.3 is 15.2 Å². The fourth-order valence-electron chi connectivity index (χ4n) is 3.49. The molecule has 0 aliphatic heterocycles. The third kappa shape index (κ3) is 5.84. The van der Waals surface area contributed by atoms with Gasteiger partial charge in [-0.3, -0.25) is 0 Å². The molecule has 17 heavy (non-hydrogen) atoms. The van der Waals surface area contributed by atoms with Gasteiger partial charge in [0.05, 0.1) is 19.8 Å². The van der Waals surface area contributed by atoms with Crippen LogP contribution in [0.4, 0.5) is 0 Å². The van der Waals surface area contributed by atoms with Gasteiger partial charge >= 0.3 is 0 Å². The highest BCUT2D eigenvalue weighted by Crippen LogP contribution is 2.45. The van der Waals surface area contributed by atoms with Crippen LogP contribution in [0.25, 0.3) is 0 Å². The van der Waals surface area contributed by atoms with Crippen molar-refractivity contribution in [3.63, 3.8) is 0 Å². The van der Waals surface area contributed by atoms with E-state index in [1.54, 1.807) is 0 Å². The maximum absolute atomic E-state index is 8.61. The first-order chi connectivity index (χ1) is 7.85. The average Bonchev–Trinajstić information content (AvgIpc) is 2.12. The van der Waals surface area contributed by atoms with Crippen LogP contribution in [0.1, 0.15) is 47.0 Å². The summed E-state index contributed by atoms with van der Waals surface area (Å²) in [5.41, 5.74) is 0.872. The standard InChI is InChI=1S/C14H29NO2/c1-13(2)9-12(10-14(3,4)11-13)15-5-7-17-8-6-16/h12,15-16H,5-11H2,1-4H3. The molecule has 0 aromatic rings. The van der Waals surface area contributed by atoms with Gasteiger partial charge in [-0.25, -0.2) is 0 Å². The summed E-state index contributed by atoms with van der Waals surface area (Å²) in [6, 6.07) is 0.603. The minimum Gasteiger partial charge on any atom is -0.394 e. The first-order valence-corrected chi connectivity index (χ1v) is 6.77. The molecule has 0 radical (unpaired) electrons. The summed E-state index contributed by atoms with van der Waals surface area (Å²) in [7, 11) is 0. The average molecular weight is 243 g/mol. The lowest BCUT2D eigenvalue weighted by Gasteiger charge is -2.45. The topological polar surface area (TPSA) is 41.5 Å². The smallest absolute Gasteiger partial charge is 0.0698 e. The molecule has 0 amide bonds. The second kappa shape index (κ2) is 6.17. The van der Waals surface area contributed by atoms with Crippen LogP contribution in [0.15, 0.2) is 0 Å². The Morgan fingerprint density at radius 3 is 2.24 bits per heavy atom. The quantitative estimate of drug-likeness (QED) is 0.703. The Kier molecular flexibility index (Phi) is 5.42. The van der Waals surface area contributed by atoms with Crippen LogP contribution in [0.5, 0.6) is 0 Å². The Balaban J connectivity index is 2.28. The van der Waals surface area contributed by atoms with Gasteiger partial charge in [-0.2, -0.15) is 0 Å². The van der Waals surface area contributed by atoms with Crippen molar-refractivity contribution in [3.05, 3.63) is 0 Å². The molecular weight excluding hydrogens is 214 g/mol. The number of nitrogens with one attached hydrogen (secondary N) is 1. The van der Waals surface area contributed by atoms with E-state index >= 15 is 0 Å². The number of hydrogen-bond acceptors (Lipinski definition) is 3. The van der Waals surface area contributed by atoms with E-state index in [4.69, 9.17) is 9.84 Å². The minimum absolute atomic E-state index is 0.115. The highest BCUT2D eigenvalue weighted by atomic mass is 16.5. The normalized spacial score (nSPS) is 23.8. The van der Waals surface area contributed by atoms with Crippen LogP contribution >= 0.6 is 0 Å². The van der Waals surface area contributed by atoms with Gasteiger partial charge in [0.2, 0.25) is 0 Å². The molecule has 0 atom stereocenters. The molecule has 1 aliphatic carbocycles. The van der Waals surface area contributed by atoms with Gasteiger partial charge in [0.25, 0.3) is 0 Å². The van der Waals surface area contributed by atoms with E-state index in [-0.39, 0.29) is 6.61 Å². The van der Waals surface area contributed by atoms with Crippen molar-refractivity contribution < 1.29 is 9.84 Å². The maximum atomic E-state index is 8.61. The van der Waals surface area contributed by atoms with Crippen LogP contribution in [0.2, 0.25) is 0 Å². The molecule has 0 unspecified atom stereocenters. The zero-order valence-corrected chi connectivity index (χ0v) is 11.9. The van der Waals surface area contributed by atoms with Gasteiger partial charge in [0.1, 0.15) is 0 Å². The number of ether oxygens (including phenoxy) is 1. The molecule has 1 rings (SSSR count). The van der Waals surface area contributed by atoms with Gasteiger partial charge in [0, 0.05) is 12.6 Å². The monoisotopic (exact) mass is 243 g/mol. The number of aliphatic hydroxyl groups is 1. The summed E-state index contributed by atoms with van der Waals surface area (Å²) in [6.45, 7) is 11.6. The molecule has 1 aliphatic rings. The van der Waals surface area contributed by atoms with E-state index in [1.165, 1.54) is 19.3 Å². The zero-order valence-electron chi connectivity index (χ0n) is 11.9. The van der Waals surface area contributed by atoms with Crippen molar-refractivity contribution in [2.24, 2.45) is 10.8 Å². The molecule has 0 aromatic carbocycles. The minimum atomic E-state index is 0.115. The van der Waals surface area contributed by atoms with E-state index in [9.17, 15) is 0 Å². The second-order valence-electron chi connectivity index (χ2n) is 6.90. The lowest BCUT2D eigenvalue weighted by atomic mass is 9.63. The van der Waals surface area contributed by atoms with E-state index < -0.39 is 0 Å². The molecular formula is C14H29NO2. The van der Waals surface area contributed by atoms with Crippen molar-refractivity contribution >= 4 is 0 Å². The molecule has 0 saturated heterocycles. The van der Waals surface area contributed by atoms with Crippen molar-refractivity contribution in [3.8, 4) is 0 Å². The Morgan fingerprint density at radius 1 is 1.12 bits per heavy atom. The number of hydrogen-bond donors (Lipinski definition) is 2. The fourth-order valence-corrected chi connectivity index (χ4v) is 3.49. The van der Waals surface area contributed by atoms with Crippen LogP contribution in [0, 0.1) is 10.8 Å². The van der Waals surface area contributed by atoms with E-state index in [1.807, 2.05) is 0 Å². The molecule has 1 saturated carbocycles. The molecule has 3 heteroatoms. The third-order valence-electron chi connectivity index (χ3n) is 3.47. The van der Waals surface area contributed by atoms with Crippen molar-refractivity contribution in [2.45, 2.75) is 53.0 Å². The van der Waals surface area contributed by atoms with Crippen LogP contribution < -0.4 is 5.32 Å². The zero-order chi connectivity index (χ0) is 12.9. The lowest BCUT2D eigenvalue weighted by molar-refractivity contribution is 0.0691. The molecule has 3 nitrogen and oxygen atoms in total. The highest BCUT2D eigenvalue weighted by Gasteiger charge is 2.37. The van der Waals surface area contributed by atoms with Crippen LogP contribution in [-0.4, -0.2) is 37.5 Å². The number of rotatable bonds is 6. The van der Waals surface area contributed by atoms with E-state index in [2.05, 4.69) is 33.0 Å². The van der Waals surface area contributed by atoms with Gasteiger partial charge in [-0.1, -0.05) is 27.7 Å². The summed E-state index contributed by atoms with van der Waals surface area (Å²) >= 11 is 0. The molecule has 102 valence electrons. The maximum Gasteiger partial charge on any atom is 0.0698 e. The van der Waals surface area contributed by atoms with Gasteiger partial charge in [-0.15, -0.1) is 0 Å². The Bertz CT molecular complexity index is 210. The summed E-state index contributed by atoms with van der Waals surface area (Å²) in [6.07, 6.45) is 3.80. The lowest BCUT2D eigenvalue weighted by Crippen LogP contribution is -2.44. The molecule has 0 heterocycles. The Morgan fingerprint density at radius 2 is 1.71 bits per heavy atom. The van der Waals surface area contributed by atoms with E-state index in [0.29, 0.717) is 30.1 Å². The summed E-state index contributed by atoms with van der Waals surface area (Å²) < 4.78 is 5.27. The fraction of sp³-hybridized carbons (Fsp3) is 1.00. The third-order valence-corrected chi connectivity index (χ3v) is 3.47. The van der Waals surface area contributed by atoms with Gasteiger partial charge in [0.15, 0.2) is 0 Å².